The Bertz CT molecular complexity index is 1340. The highest BCUT2D eigenvalue weighted by Crippen LogP contribution is 2.48. The van der Waals surface area contributed by atoms with Crippen LogP contribution in [0.1, 0.15) is 35.3 Å². The number of alkyl halides is 2. The van der Waals surface area contributed by atoms with Crippen LogP contribution in [0, 0.1) is 5.82 Å². The zero-order chi connectivity index (χ0) is 25.4. The summed E-state index contributed by atoms with van der Waals surface area (Å²) in [6, 6.07) is 4.68. The van der Waals surface area contributed by atoms with E-state index in [2.05, 4.69) is 22.0 Å². The van der Waals surface area contributed by atoms with Crippen LogP contribution in [0.15, 0.2) is 65.4 Å². The Labute approximate surface area is 214 Å². The van der Waals surface area contributed by atoms with E-state index in [0.29, 0.717) is 38.9 Å². The number of aliphatic hydroxyl groups is 1. The molecule has 36 heavy (non-hydrogen) atoms. The van der Waals surface area contributed by atoms with Gasteiger partial charge >= 0.3 is 6.55 Å². The molecule has 2 atom stereocenters. The number of nitrogens with one attached hydrogen (secondary N) is 1. The average molecular weight is 535 g/mol. The van der Waals surface area contributed by atoms with Crippen molar-refractivity contribution in [2.24, 2.45) is 4.99 Å². The van der Waals surface area contributed by atoms with Crippen LogP contribution in [0.4, 0.5) is 13.2 Å². The van der Waals surface area contributed by atoms with Gasteiger partial charge in [-0.1, -0.05) is 23.7 Å². The lowest BCUT2D eigenvalue weighted by Crippen LogP contribution is -2.44. The van der Waals surface area contributed by atoms with Gasteiger partial charge in [-0.25, -0.2) is 14.1 Å². The maximum atomic E-state index is 13.9. The van der Waals surface area contributed by atoms with E-state index in [4.69, 9.17) is 16.6 Å². The standard InChI is InChI=1S/C24H22ClF3N6OS/c1-2-6-29-12-24(35)11-18-19(17-5-8-34(32-17)23(27)28)20(15-4-3-14(26)10-16(15)25)31-21(33(18)13-24)22-30-7-9-36-22/h2-5,7-10,20,23,29,35H,1,6,11-13H2/t20-,24-/m0/s1. The van der Waals surface area contributed by atoms with Crippen LogP contribution in [-0.4, -0.2) is 55.8 Å². The second-order valence-corrected chi connectivity index (χ2v) is 9.89. The molecule has 12 heteroatoms. The monoisotopic (exact) mass is 534 g/mol. The number of aliphatic imine (C=N–C) groups is 1. The Balaban J connectivity index is 1.70. The fourth-order valence-electron chi connectivity index (χ4n) is 4.57. The lowest BCUT2D eigenvalue weighted by Gasteiger charge is -2.32. The number of aromatic nitrogens is 3. The molecule has 2 aliphatic rings. The normalized spacial score (nSPS) is 21.8. The molecule has 2 N–H and O–H groups in total. The molecule has 1 saturated heterocycles. The van der Waals surface area contributed by atoms with Crippen LogP contribution in [0.2, 0.25) is 5.02 Å². The van der Waals surface area contributed by atoms with E-state index in [9.17, 15) is 18.3 Å². The number of amidine groups is 1. The van der Waals surface area contributed by atoms with Gasteiger partial charge in [0.05, 0.1) is 12.2 Å². The molecule has 7 nitrogen and oxygen atoms in total. The van der Waals surface area contributed by atoms with Gasteiger partial charge in [0.25, 0.3) is 0 Å². The number of halogens is 4. The van der Waals surface area contributed by atoms with Crippen molar-refractivity contribution in [3.05, 3.63) is 87.5 Å². The summed E-state index contributed by atoms with van der Waals surface area (Å²) < 4.78 is 41.3. The Morgan fingerprint density at radius 1 is 1.36 bits per heavy atom. The highest BCUT2D eigenvalue weighted by atomic mass is 35.5. The molecule has 4 heterocycles. The van der Waals surface area contributed by atoms with Crippen LogP contribution < -0.4 is 5.32 Å². The topological polar surface area (TPSA) is 78.6 Å². The quantitative estimate of drug-likeness (QED) is 0.325. The van der Waals surface area contributed by atoms with Crippen molar-refractivity contribution < 1.29 is 18.3 Å². The molecule has 0 spiro atoms. The Kier molecular flexibility index (Phi) is 6.73. The molecule has 5 rings (SSSR count). The predicted molar refractivity (Wildman–Crippen MR) is 133 cm³/mol. The van der Waals surface area contributed by atoms with Gasteiger partial charge in [0.2, 0.25) is 0 Å². The summed E-state index contributed by atoms with van der Waals surface area (Å²) in [5.41, 5.74) is 0.756. The third-order valence-corrected chi connectivity index (χ3v) is 7.17. The Morgan fingerprint density at radius 3 is 2.86 bits per heavy atom. The van der Waals surface area contributed by atoms with Crippen LogP contribution in [-0.2, 0) is 0 Å². The molecule has 2 aromatic heterocycles. The smallest absolute Gasteiger partial charge is 0.333 e. The summed E-state index contributed by atoms with van der Waals surface area (Å²) in [7, 11) is 0. The van der Waals surface area contributed by atoms with Crippen molar-refractivity contribution in [1.82, 2.24) is 25.0 Å². The van der Waals surface area contributed by atoms with Crippen molar-refractivity contribution in [1.29, 1.82) is 0 Å². The molecule has 0 amide bonds. The van der Waals surface area contributed by atoms with Crippen LogP contribution in [0.25, 0.3) is 5.57 Å². The summed E-state index contributed by atoms with van der Waals surface area (Å²) in [4.78, 5) is 11.2. The maximum Gasteiger partial charge on any atom is 0.333 e. The average Bonchev–Trinajstić information content (AvgIpc) is 3.58. The van der Waals surface area contributed by atoms with Crippen molar-refractivity contribution in [3.63, 3.8) is 0 Å². The number of hydrogen-bond acceptors (Lipinski definition) is 7. The van der Waals surface area contributed by atoms with Gasteiger partial charge in [-0.2, -0.15) is 13.9 Å². The van der Waals surface area contributed by atoms with E-state index in [1.165, 1.54) is 41.8 Å². The van der Waals surface area contributed by atoms with Gasteiger partial charge in [-0.05, 0) is 18.2 Å². The molecule has 0 saturated carbocycles. The molecule has 2 aliphatic heterocycles. The first-order valence-electron chi connectivity index (χ1n) is 11.1. The van der Waals surface area contributed by atoms with Gasteiger partial charge < -0.3 is 15.3 Å². The number of rotatable bonds is 8. The number of nitrogens with zero attached hydrogens (tertiary/aromatic N) is 5. The van der Waals surface area contributed by atoms with Crippen molar-refractivity contribution in [2.45, 2.75) is 24.6 Å². The molecule has 3 aromatic rings. The van der Waals surface area contributed by atoms with Gasteiger partial charge in [0.1, 0.15) is 17.5 Å². The van der Waals surface area contributed by atoms with Gasteiger partial charge in [-0.15, -0.1) is 17.9 Å². The molecular weight excluding hydrogens is 513 g/mol. The van der Waals surface area contributed by atoms with E-state index < -0.39 is 24.0 Å². The minimum absolute atomic E-state index is 0.142. The zero-order valence-corrected chi connectivity index (χ0v) is 20.5. The van der Waals surface area contributed by atoms with Crippen LogP contribution >= 0.6 is 22.9 Å². The Morgan fingerprint density at radius 2 is 2.19 bits per heavy atom. The molecule has 0 aliphatic carbocycles. The van der Waals surface area contributed by atoms with Crippen molar-refractivity contribution >= 4 is 34.3 Å². The number of fused-ring (bicyclic) bond motifs is 1. The summed E-state index contributed by atoms with van der Waals surface area (Å²) >= 11 is 7.83. The van der Waals surface area contributed by atoms with Crippen molar-refractivity contribution in [3.8, 4) is 0 Å². The first-order chi connectivity index (χ1) is 17.3. The van der Waals surface area contributed by atoms with Gasteiger partial charge in [-0.3, -0.25) is 4.99 Å². The Hall–Kier alpha value is -2.99. The van der Waals surface area contributed by atoms with Gasteiger partial charge in [0.15, 0.2) is 10.8 Å². The second kappa shape index (κ2) is 9.81. The first kappa shape index (κ1) is 24.7. The molecular formula is C24H22ClF3N6OS. The van der Waals surface area contributed by atoms with Gasteiger partial charge in [0, 0.05) is 59.1 Å². The summed E-state index contributed by atoms with van der Waals surface area (Å²) in [6.07, 6.45) is 4.74. The third kappa shape index (κ3) is 4.59. The summed E-state index contributed by atoms with van der Waals surface area (Å²) in [6.45, 7) is 1.85. The summed E-state index contributed by atoms with van der Waals surface area (Å²) in [5, 5.41) is 21.3. The zero-order valence-electron chi connectivity index (χ0n) is 18.9. The van der Waals surface area contributed by atoms with E-state index in [1.54, 1.807) is 12.3 Å². The van der Waals surface area contributed by atoms with E-state index >= 15 is 0 Å². The predicted octanol–water partition coefficient (Wildman–Crippen LogP) is 4.65. The largest absolute Gasteiger partial charge is 0.386 e. The molecule has 0 radical (unpaired) electrons. The lowest BCUT2D eigenvalue weighted by atomic mass is 9.91. The SMILES string of the molecule is C=CCNC[C@@]1(O)CC2=C(c3ccn(C(F)F)n3)[C@H](c3ccc(F)cc3Cl)N=C(c3nccs3)N2C1. The highest BCUT2D eigenvalue weighted by molar-refractivity contribution is 7.11. The number of hydrogen-bond donors (Lipinski definition) is 2. The molecule has 0 unspecified atom stereocenters. The fourth-order valence-corrected chi connectivity index (χ4v) is 5.48. The summed E-state index contributed by atoms with van der Waals surface area (Å²) in [5.74, 6) is 0.00658. The minimum atomic E-state index is -2.82. The number of thiazole rings is 1. The fraction of sp³-hybridized carbons (Fsp3) is 0.292. The van der Waals surface area contributed by atoms with E-state index in [-0.39, 0.29) is 30.2 Å². The second-order valence-electron chi connectivity index (χ2n) is 8.58. The molecule has 1 aromatic carbocycles. The van der Waals surface area contributed by atoms with Crippen LogP contribution in [0.3, 0.4) is 0 Å². The first-order valence-corrected chi connectivity index (χ1v) is 12.4. The molecule has 0 bridgehead atoms. The van der Waals surface area contributed by atoms with Crippen molar-refractivity contribution in [2.75, 3.05) is 19.6 Å². The number of benzene rings is 1. The van der Waals surface area contributed by atoms with E-state index in [1.807, 2.05) is 10.3 Å². The minimum Gasteiger partial charge on any atom is -0.386 e. The lowest BCUT2D eigenvalue weighted by molar-refractivity contribution is 0.0560. The third-order valence-electron chi connectivity index (χ3n) is 6.07. The van der Waals surface area contributed by atoms with Crippen LogP contribution in [0.5, 0.6) is 0 Å². The highest BCUT2D eigenvalue weighted by Gasteiger charge is 2.47. The molecule has 1 fully saturated rings. The van der Waals surface area contributed by atoms with E-state index in [0.717, 1.165) is 0 Å². The maximum absolute atomic E-state index is 13.9. The molecule has 188 valence electrons.